The molecule has 0 aliphatic carbocycles. The molecule has 0 spiro atoms. The van der Waals surface area contributed by atoms with Crippen LogP contribution in [0.1, 0.15) is 5.76 Å². The molecule has 26 heavy (non-hydrogen) atoms. The van der Waals surface area contributed by atoms with E-state index in [1.807, 2.05) is 0 Å². The Balaban J connectivity index is 1.61. The van der Waals surface area contributed by atoms with E-state index >= 15 is 0 Å². The Kier molecular flexibility index (Phi) is 5.38. The van der Waals surface area contributed by atoms with Crippen molar-refractivity contribution in [2.75, 3.05) is 6.54 Å². The Morgan fingerprint density at radius 3 is 2.73 bits per heavy atom. The molecule has 0 radical (unpaired) electrons. The lowest BCUT2D eigenvalue weighted by Crippen LogP contribution is -2.31. The van der Waals surface area contributed by atoms with Crippen LogP contribution in [-0.2, 0) is 11.3 Å². The van der Waals surface area contributed by atoms with E-state index < -0.39 is 0 Å². The number of aromatic nitrogens is 2. The third kappa shape index (κ3) is 4.54. The summed E-state index contributed by atoms with van der Waals surface area (Å²) in [7, 11) is 0. The molecule has 1 N–H and O–H groups in total. The number of benzene rings is 1. The molecule has 0 saturated carbocycles. The number of nitrogens with one attached hydrogen (secondary N) is 1. The highest BCUT2D eigenvalue weighted by Crippen LogP contribution is 2.15. The van der Waals surface area contributed by atoms with Crippen molar-refractivity contribution >= 4 is 12.0 Å². The molecule has 0 bridgehead atoms. The van der Waals surface area contributed by atoms with E-state index in [-0.39, 0.29) is 30.4 Å². The van der Waals surface area contributed by atoms with Gasteiger partial charge in [0.15, 0.2) is 0 Å². The Labute approximate surface area is 148 Å². The zero-order valence-corrected chi connectivity index (χ0v) is 13.8. The molecule has 1 aromatic carbocycles. The lowest BCUT2D eigenvalue weighted by Gasteiger charge is -2.07. The predicted molar refractivity (Wildman–Crippen MR) is 94.6 cm³/mol. The van der Waals surface area contributed by atoms with Crippen molar-refractivity contribution in [1.29, 1.82) is 0 Å². The second-order valence-corrected chi connectivity index (χ2v) is 5.43. The van der Waals surface area contributed by atoms with Crippen LogP contribution in [0.15, 0.2) is 70.1 Å². The van der Waals surface area contributed by atoms with Crippen LogP contribution in [0.3, 0.4) is 0 Å². The molecule has 7 heteroatoms. The SMILES string of the molecule is O=C(/C=C/c1ccco1)NCCn1nc(-c2ccc(F)cc2)ccc1=O. The van der Waals surface area contributed by atoms with E-state index in [2.05, 4.69) is 10.4 Å². The van der Waals surface area contributed by atoms with Gasteiger partial charge in [-0.3, -0.25) is 9.59 Å². The van der Waals surface area contributed by atoms with Crippen molar-refractivity contribution in [3.63, 3.8) is 0 Å². The highest BCUT2D eigenvalue weighted by atomic mass is 19.1. The van der Waals surface area contributed by atoms with E-state index in [1.165, 1.54) is 35.2 Å². The Morgan fingerprint density at radius 2 is 2.00 bits per heavy atom. The van der Waals surface area contributed by atoms with Gasteiger partial charge in [-0.1, -0.05) is 0 Å². The largest absolute Gasteiger partial charge is 0.465 e. The first-order valence-corrected chi connectivity index (χ1v) is 7.95. The number of amides is 1. The van der Waals surface area contributed by atoms with Crippen LogP contribution < -0.4 is 10.9 Å². The van der Waals surface area contributed by atoms with E-state index in [4.69, 9.17) is 4.42 Å². The molecule has 0 unspecified atom stereocenters. The van der Waals surface area contributed by atoms with Gasteiger partial charge in [-0.15, -0.1) is 0 Å². The van der Waals surface area contributed by atoms with Crippen LogP contribution in [0.25, 0.3) is 17.3 Å². The van der Waals surface area contributed by atoms with Gasteiger partial charge in [-0.2, -0.15) is 5.10 Å². The minimum Gasteiger partial charge on any atom is -0.465 e. The standard InChI is InChI=1S/C19H16FN3O3/c20-15-5-3-14(4-6-15)17-8-10-19(25)23(22-17)12-11-21-18(24)9-7-16-2-1-13-26-16/h1-10,13H,11-12H2,(H,21,24)/b9-7+. The Bertz CT molecular complexity index is 960. The summed E-state index contributed by atoms with van der Waals surface area (Å²) in [6.07, 6.45) is 4.42. The molecule has 1 amide bonds. The molecule has 0 saturated heterocycles. The highest BCUT2D eigenvalue weighted by Gasteiger charge is 2.04. The maximum atomic E-state index is 13.0. The lowest BCUT2D eigenvalue weighted by molar-refractivity contribution is -0.116. The zero-order chi connectivity index (χ0) is 18.4. The van der Waals surface area contributed by atoms with E-state index in [1.54, 1.807) is 36.4 Å². The van der Waals surface area contributed by atoms with Crippen molar-refractivity contribution in [2.24, 2.45) is 0 Å². The third-order valence-corrected chi connectivity index (χ3v) is 3.57. The van der Waals surface area contributed by atoms with Crippen LogP contribution in [0.5, 0.6) is 0 Å². The third-order valence-electron chi connectivity index (χ3n) is 3.57. The first-order valence-electron chi connectivity index (χ1n) is 7.95. The summed E-state index contributed by atoms with van der Waals surface area (Å²) in [4.78, 5) is 23.7. The van der Waals surface area contributed by atoms with E-state index in [0.29, 0.717) is 17.0 Å². The first-order chi connectivity index (χ1) is 12.6. The topological polar surface area (TPSA) is 77.1 Å². The van der Waals surface area contributed by atoms with Gasteiger partial charge in [0, 0.05) is 24.3 Å². The first kappa shape index (κ1) is 17.3. The summed E-state index contributed by atoms with van der Waals surface area (Å²) >= 11 is 0. The monoisotopic (exact) mass is 353 g/mol. The molecule has 6 nitrogen and oxygen atoms in total. The fourth-order valence-corrected chi connectivity index (χ4v) is 2.27. The average molecular weight is 353 g/mol. The second kappa shape index (κ2) is 8.06. The number of carbonyl (C=O) groups is 1. The molecule has 0 aliphatic rings. The molecular weight excluding hydrogens is 337 g/mol. The highest BCUT2D eigenvalue weighted by molar-refractivity contribution is 5.91. The second-order valence-electron chi connectivity index (χ2n) is 5.43. The minimum atomic E-state index is -0.340. The molecule has 3 aromatic rings. The maximum Gasteiger partial charge on any atom is 0.266 e. The zero-order valence-electron chi connectivity index (χ0n) is 13.8. The molecule has 2 aromatic heterocycles. The fraction of sp³-hybridized carbons (Fsp3) is 0.105. The summed E-state index contributed by atoms with van der Waals surface area (Å²) in [5.74, 6) is -0.0680. The number of hydrogen-bond acceptors (Lipinski definition) is 4. The van der Waals surface area contributed by atoms with Gasteiger partial charge < -0.3 is 9.73 Å². The summed E-state index contributed by atoms with van der Waals surface area (Å²) < 4.78 is 19.4. The van der Waals surface area contributed by atoms with E-state index in [0.717, 1.165) is 0 Å². The van der Waals surface area contributed by atoms with Crippen LogP contribution in [0, 0.1) is 5.82 Å². The van der Waals surface area contributed by atoms with Gasteiger partial charge in [0.05, 0.1) is 18.5 Å². The number of rotatable bonds is 6. The Hall–Kier alpha value is -3.48. The van der Waals surface area contributed by atoms with Crippen LogP contribution in [-0.4, -0.2) is 22.2 Å². The number of nitrogens with zero attached hydrogens (tertiary/aromatic N) is 2. The molecule has 0 fully saturated rings. The summed E-state index contributed by atoms with van der Waals surface area (Å²) in [5, 5.41) is 6.92. The molecule has 0 aliphatic heterocycles. The van der Waals surface area contributed by atoms with Gasteiger partial charge in [0.25, 0.3) is 5.56 Å². The van der Waals surface area contributed by atoms with Crippen LogP contribution in [0.2, 0.25) is 0 Å². The van der Waals surface area contributed by atoms with Crippen molar-refractivity contribution in [3.8, 4) is 11.3 Å². The van der Waals surface area contributed by atoms with Crippen LogP contribution in [0.4, 0.5) is 4.39 Å². The van der Waals surface area contributed by atoms with E-state index in [9.17, 15) is 14.0 Å². The maximum absolute atomic E-state index is 13.0. The Morgan fingerprint density at radius 1 is 1.19 bits per heavy atom. The smallest absolute Gasteiger partial charge is 0.266 e. The van der Waals surface area contributed by atoms with Gasteiger partial charge in [0.1, 0.15) is 11.6 Å². The predicted octanol–water partition coefficient (Wildman–Crippen LogP) is 2.47. The fourth-order valence-electron chi connectivity index (χ4n) is 2.27. The normalized spacial score (nSPS) is 11.0. The van der Waals surface area contributed by atoms with Gasteiger partial charge >= 0.3 is 0 Å². The molecule has 3 rings (SSSR count). The van der Waals surface area contributed by atoms with Gasteiger partial charge in [-0.05, 0) is 48.5 Å². The number of halogens is 1. The molecule has 0 atom stereocenters. The number of carbonyl (C=O) groups excluding carboxylic acids is 1. The molecular formula is C19H16FN3O3. The quantitative estimate of drug-likeness (QED) is 0.691. The van der Waals surface area contributed by atoms with Gasteiger partial charge in [0.2, 0.25) is 5.91 Å². The minimum absolute atomic E-state index is 0.216. The lowest BCUT2D eigenvalue weighted by atomic mass is 10.1. The van der Waals surface area contributed by atoms with Gasteiger partial charge in [-0.25, -0.2) is 9.07 Å². The van der Waals surface area contributed by atoms with Crippen LogP contribution >= 0.6 is 0 Å². The van der Waals surface area contributed by atoms with Crippen molar-refractivity contribution in [1.82, 2.24) is 15.1 Å². The number of furan rings is 1. The molecule has 132 valence electrons. The molecule has 2 heterocycles. The summed E-state index contributed by atoms with van der Waals surface area (Å²) in [6, 6.07) is 12.3. The summed E-state index contributed by atoms with van der Waals surface area (Å²) in [5.41, 5.74) is 0.968. The summed E-state index contributed by atoms with van der Waals surface area (Å²) in [6.45, 7) is 0.454. The van der Waals surface area contributed by atoms with Crippen molar-refractivity contribution in [3.05, 3.63) is 82.8 Å². The average Bonchev–Trinajstić information content (AvgIpc) is 3.16. The van der Waals surface area contributed by atoms with Crippen molar-refractivity contribution < 1.29 is 13.6 Å². The number of hydrogen-bond donors (Lipinski definition) is 1. The van der Waals surface area contributed by atoms with Crippen molar-refractivity contribution in [2.45, 2.75) is 6.54 Å².